The molecule has 15 heavy (non-hydrogen) atoms. The maximum Gasteiger partial charge on any atom is 0.228 e. The standard InChI is InChI=1S/C9H7Cl2N3S/c10-8-6-9(11,13-14-12-8)15-7-4-2-1-3-5-7/h1-6H,(H,12,13). The average Bonchev–Trinajstić information content (AvgIpc) is 2.18. The highest BCUT2D eigenvalue weighted by Gasteiger charge is 2.28. The fraction of sp³-hybridized carbons (Fsp3) is 0.111. The van der Waals surface area contributed by atoms with Gasteiger partial charge in [0.2, 0.25) is 4.33 Å². The molecule has 1 aromatic rings. The summed E-state index contributed by atoms with van der Waals surface area (Å²) in [6.45, 7) is 0. The van der Waals surface area contributed by atoms with E-state index in [2.05, 4.69) is 15.8 Å². The molecule has 78 valence electrons. The Bertz CT molecular complexity index is 407. The SMILES string of the molecule is ClC1=CC(Cl)(Sc2ccccc2)N=NN1. The molecule has 0 spiro atoms. The van der Waals surface area contributed by atoms with Crippen molar-refractivity contribution in [3.63, 3.8) is 0 Å². The predicted molar refractivity (Wildman–Crippen MR) is 62.8 cm³/mol. The van der Waals surface area contributed by atoms with Crippen LogP contribution in [0.3, 0.4) is 0 Å². The van der Waals surface area contributed by atoms with Crippen LogP contribution in [0.5, 0.6) is 0 Å². The van der Waals surface area contributed by atoms with Crippen LogP contribution >= 0.6 is 35.0 Å². The molecule has 6 heteroatoms. The summed E-state index contributed by atoms with van der Waals surface area (Å²) in [6, 6.07) is 9.72. The van der Waals surface area contributed by atoms with Gasteiger partial charge in [-0.1, -0.05) is 58.4 Å². The molecule has 1 atom stereocenters. The van der Waals surface area contributed by atoms with Crippen LogP contribution in [0.4, 0.5) is 0 Å². The second-order valence-corrected chi connectivity index (χ2v) is 5.33. The minimum absolute atomic E-state index is 0.378. The lowest BCUT2D eigenvalue weighted by Crippen LogP contribution is -2.17. The highest BCUT2D eigenvalue weighted by atomic mass is 35.5. The van der Waals surface area contributed by atoms with E-state index >= 15 is 0 Å². The Kier molecular flexibility index (Phi) is 3.19. The van der Waals surface area contributed by atoms with Crippen LogP contribution in [0.15, 0.2) is 56.8 Å². The third-order valence-electron chi connectivity index (χ3n) is 1.65. The molecule has 0 amide bonds. The number of halogens is 2. The monoisotopic (exact) mass is 259 g/mol. The zero-order chi connectivity index (χ0) is 10.7. The quantitative estimate of drug-likeness (QED) is 0.649. The van der Waals surface area contributed by atoms with Gasteiger partial charge in [0.05, 0.1) is 0 Å². The number of alkyl halides is 1. The van der Waals surface area contributed by atoms with Crippen molar-refractivity contribution in [1.82, 2.24) is 5.43 Å². The number of thioether (sulfide) groups is 1. The Morgan fingerprint density at radius 2 is 2.00 bits per heavy atom. The van der Waals surface area contributed by atoms with Crippen molar-refractivity contribution in [1.29, 1.82) is 0 Å². The van der Waals surface area contributed by atoms with Gasteiger partial charge in [0.1, 0.15) is 5.16 Å². The molecule has 0 saturated heterocycles. The van der Waals surface area contributed by atoms with Crippen LogP contribution in [0.2, 0.25) is 0 Å². The lowest BCUT2D eigenvalue weighted by atomic mass is 10.4. The van der Waals surface area contributed by atoms with Crippen LogP contribution in [-0.4, -0.2) is 4.33 Å². The first-order valence-corrected chi connectivity index (χ1v) is 5.74. The van der Waals surface area contributed by atoms with Gasteiger partial charge in [0.15, 0.2) is 0 Å². The fourth-order valence-corrected chi connectivity index (χ4v) is 2.67. The summed E-state index contributed by atoms with van der Waals surface area (Å²) in [6.07, 6.45) is 1.61. The van der Waals surface area contributed by atoms with Crippen molar-refractivity contribution in [3.8, 4) is 0 Å². The average molecular weight is 260 g/mol. The van der Waals surface area contributed by atoms with E-state index < -0.39 is 4.33 Å². The Morgan fingerprint density at radius 1 is 1.27 bits per heavy atom. The maximum absolute atomic E-state index is 6.21. The van der Waals surface area contributed by atoms with E-state index in [4.69, 9.17) is 23.2 Å². The molecule has 1 aromatic carbocycles. The van der Waals surface area contributed by atoms with Crippen molar-refractivity contribution in [2.45, 2.75) is 9.23 Å². The minimum atomic E-state index is -0.955. The number of hydrogen-bond donors (Lipinski definition) is 1. The molecule has 0 aliphatic carbocycles. The maximum atomic E-state index is 6.21. The van der Waals surface area contributed by atoms with Gasteiger partial charge in [-0.25, -0.2) is 5.43 Å². The highest BCUT2D eigenvalue weighted by molar-refractivity contribution is 8.02. The molecule has 0 fully saturated rings. The summed E-state index contributed by atoms with van der Waals surface area (Å²) in [7, 11) is 0. The molecular weight excluding hydrogens is 253 g/mol. The summed E-state index contributed by atoms with van der Waals surface area (Å²) in [5, 5.41) is 7.90. The van der Waals surface area contributed by atoms with E-state index in [0.717, 1.165) is 4.90 Å². The van der Waals surface area contributed by atoms with Crippen LogP contribution in [0, 0.1) is 0 Å². The molecule has 1 unspecified atom stereocenters. The molecule has 1 aliphatic heterocycles. The van der Waals surface area contributed by atoms with Gasteiger partial charge in [0.25, 0.3) is 0 Å². The molecule has 0 saturated carbocycles. The molecule has 0 radical (unpaired) electrons. The summed E-state index contributed by atoms with van der Waals surface area (Å²) in [5.41, 5.74) is 2.51. The van der Waals surface area contributed by atoms with E-state index in [9.17, 15) is 0 Å². The molecule has 1 heterocycles. The van der Waals surface area contributed by atoms with Crippen LogP contribution < -0.4 is 5.43 Å². The summed E-state index contributed by atoms with van der Waals surface area (Å²) in [4.78, 5) is 1.01. The van der Waals surface area contributed by atoms with Gasteiger partial charge in [-0.2, -0.15) is 0 Å². The van der Waals surface area contributed by atoms with Crippen molar-refractivity contribution < 1.29 is 0 Å². The first kappa shape index (κ1) is 10.8. The molecular formula is C9H7Cl2N3S. The number of rotatable bonds is 2. The molecule has 3 nitrogen and oxygen atoms in total. The van der Waals surface area contributed by atoms with Crippen molar-refractivity contribution >= 4 is 35.0 Å². The van der Waals surface area contributed by atoms with E-state index in [-0.39, 0.29) is 0 Å². The minimum Gasteiger partial charge on any atom is -0.249 e. The molecule has 2 rings (SSSR count). The largest absolute Gasteiger partial charge is 0.249 e. The van der Waals surface area contributed by atoms with Gasteiger partial charge in [-0.15, -0.1) is 5.11 Å². The predicted octanol–water partition coefficient (Wildman–Crippen LogP) is 3.72. The smallest absolute Gasteiger partial charge is 0.228 e. The lowest BCUT2D eigenvalue weighted by Gasteiger charge is -2.19. The van der Waals surface area contributed by atoms with Gasteiger partial charge >= 0.3 is 0 Å². The second-order valence-electron chi connectivity index (χ2n) is 2.83. The van der Waals surface area contributed by atoms with Crippen LogP contribution in [0.1, 0.15) is 0 Å². The molecule has 1 aliphatic rings. The summed E-state index contributed by atoms with van der Waals surface area (Å²) >= 11 is 13.3. The Hall–Kier alpha value is -0.710. The van der Waals surface area contributed by atoms with Gasteiger partial charge in [-0.3, -0.25) is 0 Å². The van der Waals surface area contributed by atoms with Gasteiger partial charge < -0.3 is 0 Å². The number of hydrogen-bond acceptors (Lipinski definition) is 4. The van der Waals surface area contributed by atoms with E-state index in [1.807, 2.05) is 30.3 Å². The Labute approximate surface area is 102 Å². The van der Waals surface area contributed by atoms with Gasteiger partial charge in [-0.05, 0) is 12.1 Å². The summed E-state index contributed by atoms with van der Waals surface area (Å²) in [5.74, 6) is 0. The van der Waals surface area contributed by atoms with Crippen molar-refractivity contribution in [2.24, 2.45) is 10.3 Å². The fourth-order valence-electron chi connectivity index (χ4n) is 1.06. The molecule has 0 aromatic heterocycles. The first-order valence-electron chi connectivity index (χ1n) is 4.17. The number of benzene rings is 1. The topological polar surface area (TPSA) is 36.8 Å². The Morgan fingerprint density at radius 3 is 2.67 bits per heavy atom. The first-order chi connectivity index (χ1) is 7.18. The number of nitrogens with one attached hydrogen (secondary N) is 1. The summed E-state index contributed by atoms with van der Waals surface area (Å²) < 4.78 is -0.955. The van der Waals surface area contributed by atoms with E-state index in [1.54, 1.807) is 6.08 Å². The van der Waals surface area contributed by atoms with Gasteiger partial charge in [0, 0.05) is 11.0 Å². The van der Waals surface area contributed by atoms with Crippen LogP contribution in [0.25, 0.3) is 0 Å². The third-order valence-corrected chi connectivity index (χ3v) is 3.26. The van der Waals surface area contributed by atoms with E-state index in [0.29, 0.717) is 5.16 Å². The number of nitrogens with zero attached hydrogens (tertiary/aromatic N) is 2. The molecule has 0 bridgehead atoms. The third kappa shape index (κ3) is 2.87. The zero-order valence-electron chi connectivity index (χ0n) is 7.52. The highest BCUT2D eigenvalue weighted by Crippen LogP contribution is 2.41. The van der Waals surface area contributed by atoms with E-state index in [1.165, 1.54) is 11.8 Å². The van der Waals surface area contributed by atoms with Crippen molar-refractivity contribution in [2.75, 3.05) is 0 Å². The van der Waals surface area contributed by atoms with Crippen molar-refractivity contribution in [3.05, 3.63) is 41.6 Å². The zero-order valence-corrected chi connectivity index (χ0v) is 9.85. The second kappa shape index (κ2) is 4.43. The lowest BCUT2D eigenvalue weighted by molar-refractivity contribution is 0.736. The van der Waals surface area contributed by atoms with Crippen LogP contribution in [-0.2, 0) is 0 Å². The normalized spacial score (nSPS) is 24.5. The molecule has 1 N–H and O–H groups in total. The Balaban J connectivity index is 2.18.